The normalized spacial score (nSPS) is 12.8. The SMILES string of the molecule is Cc1ccc(C(C)C)c(OC(C)C(=O)NCC(N)c2ccccc2)c1.Cl. The molecule has 2 aromatic carbocycles. The summed E-state index contributed by atoms with van der Waals surface area (Å²) in [5.74, 6) is 0.935. The van der Waals surface area contributed by atoms with E-state index in [0.717, 1.165) is 22.4 Å². The van der Waals surface area contributed by atoms with Gasteiger partial charge in [0.15, 0.2) is 6.10 Å². The van der Waals surface area contributed by atoms with Gasteiger partial charge in [0.2, 0.25) is 0 Å². The first kappa shape index (κ1) is 22.0. The van der Waals surface area contributed by atoms with E-state index in [1.807, 2.05) is 43.3 Å². The van der Waals surface area contributed by atoms with Crippen LogP contribution >= 0.6 is 12.4 Å². The molecular weight excluding hydrogens is 348 g/mol. The fraction of sp³-hybridized carbons (Fsp3) is 0.381. The molecule has 0 aromatic heterocycles. The standard InChI is InChI=1S/C21H28N2O2.ClH/c1-14(2)18-11-10-15(3)12-20(18)25-16(4)21(24)23-13-19(22)17-8-6-5-7-9-17;/h5-12,14,16,19H,13,22H2,1-4H3,(H,23,24);1H. The smallest absolute Gasteiger partial charge is 0.260 e. The molecule has 0 aliphatic carbocycles. The van der Waals surface area contributed by atoms with Gasteiger partial charge >= 0.3 is 0 Å². The number of nitrogens with two attached hydrogens (primary N) is 1. The Kier molecular flexibility index (Phi) is 8.62. The molecule has 4 nitrogen and oxygen atoms in total. The second kappa shape index (κ2) is 10.2. The van der Waals surface area contributed by atoms with Gasteiger partial charge in [-0.05, 0) is 42.5 Å². The van der Waals surface area contributed by atoms with Crippen LogP contribution in [0.3, 0.4) is 0 Å². The average Bonchev–Trinajstić information content (AvgIpc) is 2.59. The van der Waals surface area contributed by atoms with Gasteiger partial charge in [0.05, 0.1) is 0 Å². The minimum absolute atomic E-state index is 0. The number of hydrogen-bond donors (Lipinski definition) is 2. The molecule has 0 fully saturated rings. The molecule has 2 rings (SSSR count). The Morgan fingerprint density at radius 2 is 1.77 bits per heavy atom. The van der Waals surface area contributed by atoms with Crippen molar-refractivity contribution in [1.29, 1.82) is 0 Å². The lowest BCUT2D eigenvalue weighted by Crippen LogP contribution is -2.40. The fourth-order valence-electron chi connectivity index (χ4n) is 2.64. The Balaban J connectivity index is 0.00000338. The van der Waals surface area contributed by atoms with Crippen molar-refractivity contribution in [3.05, 3.63) is 65.2 Å². The van der Waals surface area contributed by atoms with Crippen LogP contribution in [0.15, 0.2) is 48.5 Å². The maximum absolute atomic E-state index is 12.4. The lowest BCUT2D eigenvalue weighted by atomic mass is 10.0. The van der Waals surface area contributed by atoms with Crippen LogP contribution in [-0.2, 0) is 4.79 Å². The van der Waals surface area contributed by atoms with Gasteiger partial charge in [0.1, 0.15) is 5.75 Å². The molecule has 1 amide bonds. The summed E-state index contributed by atoms with van der Waals surface area (Å²) < 4.78 is 5.93. The van der Waals surface area contributed by atoms with Crippen LogP contribution in [0.1, 0.15) is 49.4 Å². The maximum Gasteiger partial charge on any atom is 0.260 e. The van der Waals surface area contributed by atoms with Crippen molar-refractivity contribution in [2.24, 2.45) is 5.73 Å². The minimum Gasteiger partial charge on any atom is -0.481 e. The Bertz CT molecular complexity index is 704. The van der Waals surface area contributed by atoms with Crippen LogP contribution in [-0.4, -0.2) is 18.6 Å². The zero-order valence-corrected chi connectivity index (χ0v) is 16.7. The number of hydrogen-bond acceptors (Lipinski definition) is 3. The predicted molar refractivity (Wildman–Crippen MR) is 109 cm³/mol. The van der Waals surface area contributed by atoms with E-state index >= 15 is 0 Å². The molecule has 3 N–H and O–H groups in total. The van der Waals surface area contributed by atoms with Crippen molar-refractivity contribution in [2.45, 2.75) is 45.8 Å². The number of rotatable bonds is 7. The number of amides is 1. The summed E-state index contributed by atoms with van der Waals surface area (Å²) in [5.41, 5.74) is 9.33. The van der Waals surface area contributed by atoms with Crippen LogP contribution < -0.4 is 15.8 Å². The van der Waals surface area contributed by atoms with E-state index in [1.165, 1.54) is 0 Å². The van der Waals surface area contributed by atoms with E-state index in [9.17, 15) is 4.79 Å². The van der Waals surface area contributed by atoms with Crippen LogP contribution in [0.25, 0.3) is 0 Å². The topological polar surface area (TPSA) is 64.3 Å². The van der Waals surface area contributed by atoms with Crippen LogP contribution in [0, 0.1) is 6.92 Å². The second-order valence-corrected chi connectivity index (χ2v) is 6.72. The Hall–Kier alpha value is -2.04. The zero-order chi connectivity index (χ0) is 18.4. The molecule has 0 bridgehead atoms. The third kappa shape index (κ3) is 6.04. The molecule has 0 aliphatic heterocycles. The predicted octanol–water partition coefficient (Wildman–Crippen LogP) is 4.12. The molecule has 5 heteroatoms. The van der Waals surface area contributed by atoms with Gasteiger partial charge < -0.3 is 15.8 Å². The molecule has 26 heavy (non-hydrogen) atoms. The van der Waals surface area contributed by atoms with Gasteiger partial charge in [-0.15, -0.1) is 12.4 Å². The summed E-state index contributed by atoms with van der Waals surface area (Å²) in [7, 11) is 0. The van der Waals surface area contributed by atoms with E-state index in [0.29, 0.717) is 12.5 Å². The zero-order valence-electron chi connectivity index (χ0n) is 15.9. The number of carbonyl (C=O) groups is 1. The Labute approximate surface area is 162 Å². The largest absolute Gasteiger partial charge is 0.481 e. The minimum atomic E-state index is -0.581. The molecule has 0 spiro atoms. The molecule has 2 unspecified atom stereocenters. The van der Waals surface area contributed by atoms with E-state index < -0.39 is 6.10 Å². The highest BCUT2D eigenvalue weighted by Crippen LogP contribution is 2.28. The highest BCUT2D eigenvalue weighted by molar-refractivity contribution is 5.85. The van der Waals surface area contributed by atoms with Crippen molar-refractivity contribution in [3.8, 4) is 5.75 Å². The lowest BCUT2D eigenvalue weighted by Gasteiger charge is -2.20. The summed E-state index contributed by atoms with van der Waals surface area (Å²) in [6.45, 7) is 8.38. The molecule has 0 saturated carbocycles. The van der Waals surface area contributed by atoms with Crippen LogP contribution in [0.2, 0.25) is 0 Å². The van der Waals surface area contributed by atoms with Crippen molar-refractivity contribution in [2.75, 3.05) is 6.54 Å². The Morgan fingerprint density at radius 3 is 2.38 bits per heavy atom. The van der Waals surface area contributed by atoms with Gasteiger partial charge in [-0.3, -0.25) is 4.79 Å². The summed E-state index contributed by atoms with van der Waals surface area (Å²) in [6, 6.07) is 15.6. The van der Waals surface area contributed by atoms with Crippen LogP contribution in [0.5, 0.6) is 5.75 Å². The monoisotopic (exact) mass is 376 g/mol. The lowest BCUT2D eigenvalue weighted by molar-refractivity contribution is -0.127. The molecule has 0 heterocycles. The number of nitrogens with one attached hydrogen (secondary N) is 1. The van der Waals surface area contributed by atoms with Crippen molar-refractivity contribution < 1.29 is 9.53 Å². The second-order valence-electron chi connectivity index (χ2n) is 6.72. The summed E-state index contributed by atoms with van der Waals surface area (Å²) in [6.07, 6.45) is -0.581. The third-order valence-electron chi connectivity index (χ3n) is 4.19. The summed E-state index contributed by atoms with van der Waals surface area (Å²) >= 11 is 0. The maximum atomic E-state index is 12.4. The van der Waals surface area contributed by atoms with E-state index in [2.05, 4.69) is 31.3 Å². The molecule has 0 aliphatic rings. The van der Waals surface area contributed by atoms with E-state index in [4.69, 9.17) is 10.5 Å². The highest BCUT2D eigenvalue weighted by atomic mass is 35.5. The first-order valence-electron chi connectivity index (χ1n) is 8.74. The van der Waals surface area contributed by atoms with E-state index in [1.54, 1.807) is 6.92 Å². The van der Waals surface area contributed by atoms with Gasteiger partial charge in [-0.2, -0.15) is 0 Å². The first-order chi connectivity index (χ1) is 11.9. The number of aryl methyl sites for hydroxylation is 1. The first-order valence-corrected chi connectivity index (χ1v) is 8.74. The van der Waals surface area contributed by atoms with Gasteiger partial charge in [0, 0.05) is 12.6 Å². The molecular formula is C21H29ClN2O2. The molecule has 0 radical (unpaired) electrons. The third-order valence-corrected chi connectivity index (χ3v) is 4.19. The highest BCUT2D eigenvalue weighted by Gasteiger charge is 2.18. The number of ether oxygens (including phenoxy) is 1. The number of halogens is 1. The molecule has 0 saturated heterocycles. The van der Waals surface area contributed by atoms with Crippen molar-refractivity contribution >= 4 is 18.3 Å². The quantitative estimate of drug-likeness (QED) is 0.763. The van der Waals surface area contributed by atoms with Gasteiger partial charge in [0.25, 0.3) is 5.91 Å². The Morgan fingerprint density at radius 1 is 1.12 bits per heavy atom. The van der Waals surface area contributed by atoms with Gasteiger partial charge in [-0.1, -0.05) is 56.3 Å². The summed E-state index contributed by atoms with van der Waals surface area (Å²) in [5, 5.41) is 2.88. The average molecular weight is 377 g/mol. The van der Waals surface area contributed by atoms with Crippen molar-refractivity contribution in [3.63, 3.8) is 0 Å². The summed E-state index contributed by atoms with van der Waals surface area (Å²) in [4.78, 5) is 12.4. The van der Waals surface area contributed by atoms with Gasteiger partial charge in [-0.25, -0.2) is 0 Å². The van der Waals surface area contributed by atoms with Crippen molar-refractivity contribution in [1.82, 2.24) is 5.32 Å². The number of benzene rings is 2. The molecule has 142 valence electrons. The fourth-order valence-corrected chi connectivity index (χ4v) is 2.64. The molecule has 2 atom stereocenters. The van der Waals surface area contributed by atoms with Crippen LogP contribution in [0.4, 0.5) is 0 Å². The van der Waals surface area contributed by atoms with E-state index in [-0.39, 0.29) is 24.4 Å². The molecule has 2 aromatic rings. The number of carbonyl (C=O) groups excluding carboxylic acids is 1.